The van der Waals surface area contributed by atoms with Crippen molar-refractivity contribution < 1.29 is 18.5 Å². The molecule has 7 heteroatoms. The molecule has 1 fully saturated rings. The van der Waals surface area contributed by atoms with E-state index in [2.05, 4.69) is 0 Å². The summed E-state index contributed by atoms with van der Waals surface area (Å²) in [6, 6.07) is 14.2. The Labute approximate surface area is 188 Å². The van der Waals surface area contributed by atoms with Crippen LogP contribution < -0.4 is 4.52 Å². The van der Waals surface area contributed by atoms with Crippen LogP contribution in [0.1, 0.15) is 62.2 Å². The number of halogens is 1. The van der Waals surface area contributed by atoms with E-state index >= 15 is 0 Å². The molecular weight excluding hydrogens is 394 g/mol. The van der Waals surface area contributed by atoms with Crippen LogP contribution in [0.3, 0.4) is 0 Å². The molecule has 1 N–H and O–H groups in total. The predicted molar refractivity (Wildman–Crippen MR) is 111 cm³/mol. The fourth-order valence-electron chi connectivity index (χ4n) is 3.44. The molecule has 2 aromatic carbocycles. The average Bonchev–Trinajstić information content (AvgIpc) is 2.62. The van der Waals surface area contributed by atoms with E-state index in [9.17, 15) is 9.46 Å². The van der Waals surface area contributed by atoms with Crippen LogP contribution in [0.4, 0.5) is 0 Å². The van der Waals surface area contributed by atoms with Crippen LogP contribution in [0.2, 0.25) is 5.02 Å². The molecule has 27 heavy (non-hydrogen) atoms. The zero-order valence-electron chi connectivity index (χ0n) is 14.8. The van der Waals surface area contributed by atoms with Crippen LogP contribution in [0.25, 0.3) is 0 Å². The van der Waals surface area contributed by atoms with Gasteiger partial charge in [-0.3, -0.25) is 9.42 Å². The van der Waals surface area contributed by atoms with Crippen LogP contribution in [-0.4, -0.2) is 34.5 Å². The maximum absolute atomic E-state index is 12.2. The molecule has 2 unspecified atom stereocenters. The van der Waals surface area contributed by atoms with Gasteiger partial charge in [-0.1, -0.05) is 61.2 Å². The third-order valence-electron chi connectivity index (χ3n) is 4.79. The Kier molecular flexibility index (Phi) is 8.89. The van der Waals surface area contributed by atoms with Gasteiger partial charge in [0.05, 0.1) is 6.10 Å². The molecule has 0 bridgehead atoms. The molecular formula is C20H25ClNaO4P. The Morgan fingerprint density at radius 1 is 1.11 bits per heavy atom. The van der Waals surface area contributed by atoms with Crippen molar-refractivity contribution in [2.45, 2.75) is 51.0 Å². The monoisotopic (exact) mass is 418 g/mol. The van der Waals surface area contributed by atoms with Crippen molar-refractivity contribution in [3.05, 3.63) is 64.7 Å². The molecule has 1 saturated carbocycles. The van der Waals surface area contributed by atoms with Crippen LogP contribution in [0.5, 0.6) is 5.75 Å². The van der Waals surface area contributed by atoms with Crippen LogP contribution in [0, 0.1) is 0 Å². The SMILES string of the molecule is CC(OP(=O)(O)Oc1ccccc1)c1ccc(C2CCCCC2)c(Cl)c1.[NaH]. The van der Waals surface area contributed by atoms with E-state index in [1.165, 1.54) is 32.1 Å². The summed E-state index contributed by atoms with van der Waals surface area (Å²) in [7, 11) is -4.23. The van der Waals surface area contributed by atoms with Crippen molar-refractivity contribution >= 4 is 49.0 Å². The number of benzene rings is 2. The van der Waals surface area contributed by atoms with Crippen LogP contribution >= 0.6 is 19.4 Å². The number of phosphoric ester groups is 1. The van der Waals surface area contributed by atoms with Gasteiger partial charge in [-0.15, -0.1) is 0 Å². The summed E-state index contributed by atoms with van der Waals surface area (Å²) in [5.41, 5.74) is 1.91. The van der Waals surface area contributed by atoms with Gasteiger partial charge in [0.2, 0.25) is 0 Å². The topological polar surface area (TPSA) is 55.8 Å². The van der Waals surface area contributed by atoms with Crippen LogP contribution in [0.15, 0.2) is 48.5 Å². The molecule has 4 nitrogen and oxygen atoms in total. The van der Waals surface area contributed by atoms with E-state index in [-0.39, 0.29) is 35.3 Å². The number of hydrogen-bond donors (Lipinski definition) is 1. The van der Waals surface area contributed by atoms with E-state index in [0.717, 1.165) is 11.1 Å². The molecule has 0 aliphatic heterocycles. The van der Waals surface area contributed by atoms with Gasteiger partial charge in [0, 0.05) is 5.02 Å². The minimum atomic E-state index is -4.23. The van der Waals surface area contributed by atoms with Gasteiger partial charge in [-0.25, -0.2) is 4.57 Å². The second-order valence-electron chi connectivity index (χ2n) is 6.74. The predicted octanol–water partition coefficient (Wildman–Crippen LogP) is 6.00. The van der Waals surface area contributed by atoms with Gasteiger partial charge >= 0.3 is 37.4 Å². The zero-order valence-corrected chi connectivity index (χ0v) is 16.5. The minimum absolute atomic E-state index is 0. The maximum atomic E-state index is 12.2. The normalized spacial score (nSPS) is 18.2. The number of rotatable bonds is 6. The number of phosphoric acid groups is 1. The Balaban J connectivity index is 0.00000261. The van der Waals surface area contributed by atoms with Crippen molar-refractivity contribution in [3.8, 4) is 5.75 Å². The van der Waals surface area contributed by atoms with Crippen molar-refractivity contribution in [1.82, 2.24) is 0 Å². The molecule has 3 rings (SSSR count). The Morgan fingerprint density at radius 3 is 2.41 bits per heavy atom. The van der Waals surface area contributed by atoms with E-state index in [4.69, 9.17) is 20.6 Å². The van der Waals surface area contributed by atoms with Gasteiger partial charge in [-0.2, -0.15) is 0 Å². The van der Waals surface area contributed by atoms with Gasteiger partial charge in [0.15, 0.2) is 0 Å². The Morgan fingerprint density at radius 2 is 1.78 bits per heavy atom. The van der Waals surface area contributed by atoms with Crippen LogP contribution in [-0.2, 0) is 9.09 Å². The standard InChI is InChI=1S/C20H24ClO4P.Na.H/c1-15(24-26(22,23)25-18-10-6-3-7-11-18)17-12-13-19(20(21)14-17)16-8-4-2-5-9-16;;/h3,6-7,10-16H,2,4-5,8-9H2,1H3,(H,22,23);;. The first kappa shape index (κ1) is 23.0. The number of hydrogen-bond acceptors (Lipinski definition) is 3. The molecule has 0 amide bonds. The quantitative estimate of drug-likeness (QED) is 0.462. The first-order valence-corrected chi connectivity index (χ1v) is 10.9. The summed E-state index contributed by atoms with van der Waals surface area (Å²) in [5.74, 6) is 0.795. The third-order valence-corrected chi connectivity index (χ3v) is 6.15. The average molecular weight is 419 g/mol. The molecule has 2 aromatic rings. The zero-order chi connectivity index (χ0) is 18.6. The Hall–Kier alpha value is -0.320. The van der Waals surface area contributed by atoms with Crippen molar-refractivity contribution in [1.29, 1.82) is 0 Å². The fourth-order valence-corrected chi connectivity index (χ4v) is 4.73. The first-order chi connectivity index (χ1) is 12.4. The summed E-state index contributed by atoms with van der Waals surface area (Å²) < 4.78 is 22.6. The summed E-state index contributed by atoms with van der Waals surface area (Å²) in [6.07, 6.45) is 5.50. The molecule has 0 spiro atoms. The van der Waals surface area contributed by atoms with Crippen molar-refractivity contribution in [2.75, 3.05) is 0 Å². The molecule has 0 aromatic heterocycles. The Bertz CT molecular complexity index is 781. The van der Waals surface area contributed by atoms with Gasteiger partial charge in [0.1, 0.15) is 5.75 Å². The summed E-state index contributed by atoms with van der Waals surface area (Å²) in [4.78, 5) is 10.0. The number of para-hydroxylation sites is 1. The third kappa shape index (κ3) is 6.61. The summed E-state index contributed by atoms with van der Waals surface area (Å²) in [6.45, 7) is 1.71. The molecule has 142 valence electrons. The summed E-state index contributed by atoms with van der Waals surface area (Å²) >= 11 is 6.49. The van der Waals surface area contributed by atoms with Gasteiger partial charge in [-0.05, 0) is 55.0 Å². The molecule has 0 heterocycles. The van der Waals surface area contributed by atoms with E-state index in [1.54, 1.807) is 37.3 Å². The molecule has 1 aliphatic rings. The first-order valence-electron chi connectivity index (χ1n) is 9.00. The fraction of sp³-hybridized carbons (Fsp3) is 0.400. The second kappa shape index (κ2) is 10.5. The molecule has 0 saturated heterocycles. The van der Waals surface area contributed by atoms with Gasteiger partial charge < -0.3 is 4.52 Å². The van der Waals surface area contributed by atoms with E-state index in [1.807, 2.05) is 18.2 Å². The summed E-state index contributed by atoms with van der Waals surface area (Å²) in [5, 5.41) is 0.696. The van der Waals surface area contributed by atoms with Gasteiger partial charge in [0.25, 0.3) is 0 Å². The van der Waals surface area contributed by atoms with E-state index < -0.39 is 13.9 Å². The molecule has 2 atom stereocenters. The second-order valence-corrected chi connectivity index (χ2v) is 8.47. The van der Waals surface area contributed by atoms with E-state index in [0.29, 0.717) is 10.9 Å². The molecule has 1 aliphatic carbocycles. The van der Waals surface area contributed by atoms with Crippen molar-refractivity contribution in [2.24, 2.45) is 0 Å². The molecule has 0 radical (unpaired) electrons. The van der Waals surface area contributed by atoms with Crippen molar-refractivity contribution in [3.63, 3.8) is 0 Å².